The number of hydrogen-bond donors (Lipinski definition) is 0. The molecule has 100 valence electrons. The number of esters is 1. The number of aryl methyl sites for hydroxylation is 2. The van der Waals surface area contributed by atoms with E-state index in [2.05, 4.69) is 0 Å². The van der Waals surface area contributed by atoms with Gasteiger partial charge in [0.15, 0.2) is 0 Å². The quantitative estimate of drug-likeness (QED) is 0.474. The monoisotopic (exact) mass is 259 g/mol. The van der Waals surface area contributed by atoms with Crippen molar-refractivity contribution < 1.29 is 14.3 Å². The molecule has 0 radical (unpaired) electrons. The zero-order valence-corrected chi connectivity index (χ0v) is 11.6. The van der Waals surface area contributed by atoms with Crippen LogP contribution in [-0.4, -0.2) is 19.7 Å². The summed E-state index contributed by atoms with van der Waals surface area (Å²) in [4.78, 5) is 11.6. The lowest BCUT2D eigenvalue weighted by Crippen LogP contribution is -2.06. The number of methoxy groups -OCH3 is 1. The molecule has 0 aliphatic rings. The van der Waals surface area contributed by atoms with Gasteiger partial charge in [0.2, 0.25) is 0 Å². The summed E-state index contributed by atoms with van der Waals surface area (Å²) in [6.45, 7) is 5.80. The molecule has 0 heterocycles. The summed E-state index contributed by atoms with van der Waals surface area (Å²) in [6, 6.07) is 5.70. The number of rotatable bonds is 4. The molecule has 0 saturated heterocycles. The highest BCUT2D eigenvalue weighted by Crippen LogP contribution is 2.27. The van der Waals surface area contributed by atoms with Crippen LogP contribution in [0.25, 0.3) is 6.08 Å². The molecule has 19 heavy (non-hydrogen) atoms. The molecule has 0 atom stereocenters. The maximum atomic E-state index is 11.6. The number of benzene rings is 1. The number of nitrogens with zero attached hydrogens (tertiary/aromatic N) is 1. The Balaban J connectivity index is 3.29. The van der Waals surface area contributed by atoms with Crippen molar-refractivity contribution in [1.29, 1.82) is 5.26 Å². The smallest absolute Gasteiger partial charge is 0.348 e. The summed E-state index contributed by atoms with van der Waals surface area (Å²) in [5.41, 5.74) is 2.65. The van der Waals surface area contributed by atoms with Crippen molar-refractivity contribution in [1.82, 2.24) is 0 Å². The van der Waals surface area contributed by atoms with Crippen LogP contribution in [0.5, 0.6) is 5.75 Å². The highest BCUT2D eigenvalue weighted by molar-refractivity contribution is 5.98. The van der Waals surface area contributed by atoms with Gasteiger partial charge in [-0.3, -0.25) is 0 Å². The van der Waals surface area contributed by atoms with Crippen molar-refractivity contribution in [2.75, 3.05) is 13.7 Å². The van der Waals surface area contributed by atoms with Gasteiger partial charge in [-0.1, -0.05) is 11.6 Å². The van der Waals surface area contributed by atoms with Crippen LogP contribution in [0.3, 0.4) is 0 Å². The third-order valence-electron chi connectivity index (χ3n) is 2.57. The Morgan fingerprint density at radius 2 is 2.11 bits per heavy atom. The summed E-state index contributed by atoms with van der Waals surface area (Å²) >= 11 is 0. The summed E-state index contributed by atoms with van der Waals surface area (Å²) in [6.07, 6.45) is 1.50. The number of carbonyl (C=O) groups excluding carboxylic acids is 1. The van der Waals surface area contributed by atoms with Crippen LogP contribution < -0.4 is 4.74 Å². The van der Waals surface area contributed by atoms with Crippen molar-refractivity contribution >= 4 is 12.0 Å². The highest BCUT2D eigenvalue weighted by Gasteiger charge is 2.12. The van der Waals surface area contributed by atoms with Gasteiger partial charge in [0.05, 0.1) is 13.7 Å². The highest BCUT2D eigenvalue weighted by atomic mass is 16.5. The predicted octanol–water partition coefficient (Wildman–Crippen LogP) is 2.78. The SMILES string of the molecule is CCOC(=O)/C(C#N)=C/c1cc(C)cc(C)c1OC. The fraction of sp³-hybridized carbons (Fsp3) is 0.333. The van der Waals surface area contributed by atoms with Crippen LogP contribution in [0.2, 0.25) is 0 Å². The molecule has 0 unspecified atom stereocenters. The minimum Gasteiger partial charge on any atom is -0.496 e. The first-order valence-electron chi connectivity index (χ1n) is 5.97. The number of carbonyl (C=O) groups is 1. The van der Waals surface area contributed by atoms with E-state index in [4.69, 9.17) is 14.7 Å². The molecule has 1 aromatic rings. The molecule has 0 aromatic heterocycles. The lowest BCUT2D eigenvalue weighted by Gasteiger charge is -2.10. The Labute approximate surface area is 113 Å². The van der Waals surface area contributed by atoms with Crippen LogP contribution in [0.1, 0.15) is 23.6 Å². The summed E-state index contributed by atoms with van der Waals surface area (Å²) in [7, 11) is 1.56. The van der Waals surface area contributed by atoms with Crippen LogP contribution in [0.4, 0.5) is 0 Å². The maximum Gasteiger partial charge on any atom is 0.348 e. The van der Waals surface area contributed by atoms with E-state index >= 15 is 0 Å². The number of hydrogen-bond acceptors (Lipinski definition) is 4. The van der Waals surface area contributed by atoms with E-state index in [-0.39, 0.29) is 12.2 Å². The second-order valence-corrected chi connectivity index (χ2v) is 4.09. The standard InChI is InChI=1S/C15H17NO3/c1-5-19-15(17)13(9-16)8-12-7-10(2)6-11(3)14(12)18-4/h6-8H,5H2,1-4H3/b13-8+. The molecule has 1 aromatic carbocycles. The van der Waals surface area contributed by atoms with Gasteiger partial charge in [0, 0.05) is 5.56 Å². The van der Waals surface area contributed by atoms with Gasteiger partial charge in [0.25, 0.3) is 0 Å². The molecule has 0 fully saturated rings. The van der Waals surface area contributed by atoms with Gasteiger partial charge in [-0.05, 0) is 38.5 Å². The molecule has 0 saturated carbocycles. The van der Waals surface area contributed by atoms with Crippen molar-refractivity contribution in [3.63, 3.8) is 0 Å². The van der Waals surface area contributed by atoms with Crippen molar-refractivity contribution in [3.8, 4) is 11.8 Å². The van der Waals surface area contributed by atoms with Crippen LogP contribution in [0.15, 0.2) is 17.7 Å². The van der Waals surface area contributed by atoms with E-state index in [0.717, 1.165) is 11.1 Å². The molecular formula is C15H17NO3. The van der Waals surface area contributed by atoms with Gasteiger partial charge in [-0.2, -0.15) is 5.26 Å². The van der Waals surface area contributed by atoms with Gasteiger partial charge in [-0.25, -0.2) is 4.79 Å². The second-order valence-electron chi connectivity index (χ2n) is 4.09. The Kier molecular flexibility index (Phi) is 5.13. The molecule has 0 aliphatic carbocycles. The van der Waals surface area contributed by atoms with Crippen LogP contribution >= 0.6 is 0 Å². The second kappa shape index (κ2) is 6.60. The van der Waals surface area contributed by atoms with Gasteiger partial charge < -0.3 is 9.47 Å². The van der Waals surface area contributed by atoms with E-state index in [1.54, 1.807) is 14.0 Å². The van der Waals surface area contributed by atoms with Crippen LogP contribution in [0, 0.1) is 25.2 Å². The average molecular weight is 259 g/mol. The van der Waals surface area contributed by atoms with Crippen molar-refractivity contribution in [2.45, 2.75) is 20.8 Å². The molecular weight excluding hydrogens is 242 g/mol. The van der Waals surface area contributed by atoms with Gasteiger partial charge >= 0.3 is 5.97 Å². The molecule has 1 rings (SSSR count). The Hall–Kier alpha value is -2.28. The fourth-order valence-electron chi connectivity index (χ4n) is 1.87. The first-order valence-corrected chi connectivity index (χ1v) is 5.97. The third kappa shape index (κ3) is 3.59. The van der Waals surface area contributed by atoms with E-state index in [1.807, 2.05) is 32.0 Å². The van der Waals surface area contributed by atoms with Crippen LogP contribution in [-0.2, 0) is 9.53 Å². The number of ether oxygens (including phenoxy) is 2. The Morgan fingerprint density at radius 3 is 2.63 bits per heavy atom. The van der Waals surface area contributed by atoms with Crippen molar-refractivity contribution in [2.24, 2.45) is 0 Å². The molecule has 0 spiro atoms. The molecule has 0 aliphatic heterocycles. The largest absolute Gasteiger partial charge is 0.496 e. The van der Waals surface area contributed by atoms with E-state index in [0.29, 0.717) is 11.3 Å². The maximum absolute atomic E-state index is 11.6. The Bertz CT molecular complexity index is 553. The third-order valence-corrected chi connectivity index (χ3v) is 2.57. The fourth-order valence-corrected chi connectivity index (χ4v) is 1.87. The molecule has 0 bridgehead atoms. The first kappa shape index (κ1) is 14.8. The number of nitriles is 1. The zero-order valence-electron chi connectivity index (χ0n) is 11.6. The molecule has 0 N–H and O–H groups in total. The Morgan fingerprint density at radius 1 is 1.42 bits per heavy atom. The molecule has 4 nitrogen and oxygen atoms in total. The summed E-state index contributed by atoms with van der Waals surface area (Å²) < 4.78 is 10.1. The first-order chi connectivity index (χ1) is 9.03. The van der Waals surface area contributed by atoms with Gasteiger partial charge in [-0.15, -0.1) is 0 Å². The zero-order chi connectivity index (χ0) is 14.4. The van der Waals surface area contributed by atoms with E-state index < -0.39 is 5.97 Å². The van der Waals surface area contributed by atoms with Crippen molar-refractivity contribution in [3.05, 3.63) is 34.4 Å². The van der Waals surface area contributed by atoms with E-state index in [9.17, 15) is 4.79 Å². The molecule has 0 amide bonds. The normalized spacial score (nSPS) is 10.8. The summed E-state index contributed by atoms with van der Waals surface area (Å²) in [5, 5.41) is 9.03. The average Bonchev–Trinajstić information content (AvgIpc) is 2.35. The van der Waals surface area contributed by atoms with Gasteiger partial charge in [0.1, 0.15) is 17.4 Å². The lowest BCUT2D eigenvalue weighted by molar-refractivity contribution is -0.137. The predicted molar refractivity (Wildman–Crippen MR) is 72.7 cm³/mol. The molecule has 4 heteroatoms. The minimum atomic E-state index is -0.619. The lowest BCUT2D eigenvalue weighted by atomic mass is 10.0. The summed E-state index contributed by atoms with van der Waals surface area (Å²) in [5.74, 6) is 0.0360. The minimum absolute atomic E-state index is 0.0369. The topological polar surface area (TPSA) is 59.3 Å². The van der Waals surface area contributed by atoms with E-state index in [1.165, 1.54) is 6.08 Å².